The smallest absolute Gasteiger partial charge is 0.397 e. The molecule has 0 aromatic carbocycles. The van der Waals surface area contributed by atoms with Gasteiger partial charge in [0, 0.05) is 5.41 Å². The molecule has 2 heterocycles. The van der Waals surface area contributed by atoms with E-state index >= 15 is 0 Å². The Morgan fingerprint density at radius 3 is 2.07 bits per heavy atom. The first kappa shape index (κ1) is 46.6. The van der Waals surface area contributed by atoms with Crippen molar-refractivity contribution >= 4 is 16.4 Å². The fourth-order valence-corrected chi connectivity index (χ4v) is 14.2. The molecule has 9 N–H and O–H groups in total. The van der Waals surface area contributed by atoms with Crippen LogP contribution in [-0.2, 0) is 38.3 Å². The van der Waals surface area contributed by atoms with Crippen LogP contribution >= 0.6 is 0 Å². The number of hydrogen-bond acceptors (Lipinski definition) is 16. The average molecular weight is 877 g/mol. The van der Waals surface area contributed by atoms with Gasteiger partial charge in [-0.1, -0.05) is 53.2 Å². The molecule has 21 atom stereocenters. The summed E-state index contributed by atoms with van der Waals surface area (Å²) in [6.07, 6.45) is -8.92. The number of ether oxygens (including phenoxy) is 4. The molecule has 60 heavy (non-hydrogen) atoms. The Bertz CT molecular complexity index is 1750. The van der Waals surface area contributed by atoms with Gasteiger partial charge in [0.15, 0.2) is 6.29 Å². The van der Waals surface area contributed by atoms with Crippen molar-refractivity contribution in [3.05, 3.63) is 11.6 Å². The van der Waals surface area contributed by atoms with Crippen molar-refractivity contribution < 1.29 is 81.7 Å². The van der Waals surface area contributed by atoms with Crippen LogP contribution in [0.2, 0.25) is 0 Å². The molecule has 0 amide bonds. The average Bonchev–Trinajstić information content (AvgIpc) is 3.19. The van der Waals surface area contributed by atoms with Crippen molar-refractivity contribution in [2.75, 3.05) is 19.8 Å². The Labute approximate surface area is 352 Å². The van der Waals surface area contributed by atoms with Crippen LogP contribution in [0.3, 0.4) is 0 Å². The molecule has 0 radical (unpaired) electrons. The van der Waals surface area contributed by atoms with Crippen LogP contribution in [0, 0.1) is 56.7 Å². The molecule has 0 unspecified atom stereocenters. The van der Waals surface area contributed by atoms with Gasteiger partial charge in [0.2, 0.25) is 6.29 Å². The van der Waals surface area contributed by atoms with Crippen LogP contribution < -0.4 is 0 Å². The first-order chi connectivity index (χ1) is 27.9. The van der Waals surface area contributed by atoms with E-state index in [1.54, 1.807) is 0 Å². The number of allylic oxidation sites excluding steroid dienone is 2. The van der Waals surface area contributed by atoms with Gasteiger partial charge >= 0.3 is 16.4 Å². The van der Waals surface area contributed by atoms with Crippen molar-refractivity contribution in [3.63, 3.8) is 0 Å². The zero-order valence-corrected chi connectivity index (χ0v) is 36.3. The standard InChI is InChI=1S/C42H68O17S/c1-20-9-14-42(37(51)59-36-34(50)32(48)30(46)24(58-36)18-55-35-33(49)31(47)29(45)23(17-43)57-35)16-15-40(5)22(28(42)21(20)2)7-8-26-38(3)12-11-27(44)39(4,19-56-60(52,53)54)25(38)10-13-41(26,40)6/h7,20-21,23-36,43-50H,8-19H2,1-6H3,(H,52,53,54)/t20-,21+,23-,24-,25-,26-,27+,28+,29-,30-,31+,32+,33-,34-,35-,36+,38+,39+,40-,41-,42+/m1/s1. The summed E-state index contributed by atoms with van der Waals surface area (Å²) in [4.78, 5) is 14.9. The zero-order valence-electron chi connectivity index (χ0n) is 35.5. The summed E-state index contributed by atoms with van der Waals surface area (Å²) in [5.74, 6) is -0.376. The molecule has 4 saturated carbocycles. The molecule has 344 valence electrons. The van der Waals surface area contributed by atoms with Crippen LogP contribution in [0.1, 0.15) is 99.3 Å². The lowest BCUT2D eigenvalue weighted by Crippen LogP contribution is -2.66. The van der Waals surface area contributed by atoms with Gasteiger partial charge in [-0.25, -0.2) is 4.18 Å². The van der Waals surface area contributed by atoms with Crippen molar-refractivity contribution in [2.45, 2.75) is 167 Å². The van der Waals surface area contributed by atoms with Gasteiger partial charge in [-0.05, 0) is 104 Å². The topological polar surface area (TPSA) is 279 Å². The molecular formula is C42H68O17S. The van der Waals surface area contributed by atoms with Crippen molar-refractivity contribution in [3.8, 4) is 0 Å². The Hall–Kier alpha value is -1.36. The van der Waals surface area contributed by atoms with E-state index in [1.165, 1.54) is 5.57 Å². The van der Waals surface area contributed by atoms with E-state index in [-0.39, 0.29) is 52.4 Å². The largest absolute Gasteiger partial charge is 0.432 e. The van der Waals surface area contributed by atoms with E-state index in [0.29, 0.717) is 38.5 Å². The number of hydrogen-bond donors (Lipinski definition) is 9. The maximum absolute atomic E-state index is 14.9. The predicted molar refractivity (Wildman–Crippen MR) is 209 cm³/mol. The summed E-state index contributed by atoms with van der Waals surface area (Å²) in [6, 6.07) is 0. The number of carbonyl (C=O) groups excluding carboxylic acids is 1. The fourth-order valence-electron chi connectivity index (χ4n) is 13.8. The van der Waals surface area contributed by atoms with Crippen molar-refractivity contribution in [1.82, 2.24) is 0 Å². The second kappa shape index (κ2) is 16.3. The van der Waals surface area contributed by atoms with Crippen LogP contribution in [0.5, 0.6) is 0 Å². The van der Waals surface area contributed by atoms with Crippen molar-refractivity contribution in [1.29, 1.82) is 0 Å². The van der Waals surface area contributed by atoms with E-state index in [0.717, 1.165) is 19.3 Å². The zero-order chi connectivity index (χ0) is 44.1. The maximum Gasteiger partial charge on any atom is 0.397 e. The molecule has 0 aromatic heterocycles. The second-order valence-electron chi connectivity index (χ2n) is 20.5. The van der Waals surface area contributed by atoms with E-state index in [1.807, 2.05) is 6.92 Å². The summed E-state index contributed by atoms with van der Waals surface area (Å²) in [5, 5.41) is 84.6. The second-order valence-corrected chi connectivity index (χ2v) is 21.6. The van der Waals surface area contributed by atoms with Crippen LogP contribution in [0.15, 0.2) is 11.6 Å². The van der Waals surface area contributed by atoms with E-state index in [4.69, 9.17) is 23.1 Å². The van der Waals surface area contributed by atoms with Crippen LogP contribution in [0.25, 0.3) is 0 Å². The SMILES string of the molecule is C[C@H]1[C@H](C)CC[C@]2(C(=O)O[C@@H]3O[C@H](CO[C@@H]4O[C@H](CO)[C@@H](O)[C@H](O)[C@H]4O)[C@@H](O)[C@H](O)[C@H]3O)CC[C@]3(C)C(=CC[C@@H]4[C@@]5(C)CC[C@H](O)[C@@](C)(COS(=O)(=O)O)[C@@H]5CC[C@]43C)[C@H]12. The van der Waals surface area contributed by atoms with Gasteiger partial charge in [0.05, 0.1) is 31.3 Å². The summed E-state index contributed by atoms with van der Waals surface area (Å²) >= 11 is 0. The molecule has 0 aromatic rings. The van der Waals surface area contributed by atoms with Crippen LogP contribution in [0.4, 0.5) is 0 Å². The first-order valence-corrected chi connectivity index (χ1v) is 23.1. The van der Waals surface area contributed by atoms with Crippen LogP contribution in [-0.4, -0.2) is 147 Å². The molecule has 18 heteroatoms. The molecule has 6 fully saturated rings. The lowest BCUT2D eigenvalue weighted by molar-refractivity contribution is -0.328. The van der Waals surface area contributed by atoms with E-state index in [9.17, 15) is 58.6 Å². The summed E-state index contributed by atoms with van der Waals surface area (Å²) in [5.41, 5.74) is -1.55. The van der Waals surface area contributed by atoms with E-state index in [2.05, 4.69) is 40.7 Å². The molecular weight excluding hydrogens is 809 g/mol. The summed E-state index contributed by atoms with van der Waals surface area (Å²) in [7, 11) is -4.72. The number of aliphatic hydroxyl groups is 8. The van der Waals surface area contributed by atoms with Gasteiger partial charge < -0.3 is 59.8 Å². The van der Waals surface area contributed by atoms with Gasteiger partial charge in [-0.3, -0.25) is 9.35 Å². The number of aliphatic hydroxyl groups excluding tert-OH is 8. The third kappa shape index (κ3) is 7.24. The highest BCUT2D eigenvalue weighted by atomic mass is 32.3. The number of esters is 1. The normalized spacial score (nSPS) is 53.1. The first-order valence-electron chi connectivity index (χ1n) is 21.7. The molecule has 17 nitrogen and oxygen atoms in total. The Morgan fingerprint density at radius 1 is 0.783 bits per heavy atom. The van der Waals surface area contributed by atoms with Gasteiger partial charge in [-0.15, -0.1) is 0 Å². The third-order valence-corrected chi connectivity index (χ3v) is 18.3. The maximum atomic E-state index is 14.9. The van der Waals surface area contributed by atoms with Gasteiger partial charge in [0.25, 0.3) is 0 Å². The molecule has 5 aliphatic carbocycles. The quantitative estimate of drug-likeness (QED) is 0.0887. The third-order valence-electron chi connectivity index (χ3n) is 17.9. The Morgan fingerprint density at radius 2 is 1.42 bits per heavy atom. The molecule has 2 aliphatic heterocycles. The highest BCUT2D eigenvalue weighted by Crippen LogP contribution is 2.76. The minimum atomic E-state index is -4.72. The lowest BCUT2D eigenvalue weighted by atomic mass is 9.33. The minimum absolute atomic E-state index is 0.0687. The molecule has 7 rings (SSSR count). The minimum Gasteiger partial charge on any atom is -0.432 e. The molecule has 7 aliphatic rings. The van der Waals surface area contributed by atoms with Crippen molar-refractivity contribution in [2.24, 2.45) is 56.7 Å². The predicted octanol–water partition coefficient (Wildman–Crippen LogP) is 0.972. The number of rotatable bonds is 9. The lowest BCUT2D eigenvalue weighted by Gasteiger charge is -2.71. The number of carbonyl (C=O) groups is 1. The molecule has 0 spiro atoms. The highest BCUT2D eigenvalue weighted by molar-refractivity contribution is 7.80. The highest BCUT2D eigenvalue weighted by Gasteiger charge is 2.70. The monoisotopic (exact) mass is 876 g/mol. The summed E-state index contributed by atoms with van der Waals surface area (Å²) < 4.78 is 60.9. The van der Waals surface area contributed by atoms with Gasteiger partial charge in [0.1, 0.15) is 48.8 Å². The molecule has 0 bridgehead atoms. The summed E-state index contributed by atoms with van der Waals surface area (Å²) in [6.45, 7) is 11.6. The number of fused-ring (bicyclic) bond motifs is 7. The molecule has 2 saturated heterocycles. The Balaban J connectivity index is 1.14. The van der Waals surface area contributed by atoms with E-state index < -0.39 is 108 Å². The van der Waals surface area contributed by atoms with Gasteiger partial charge in [-0.2, -0.15) is 8.42 Å². The Kier molecular flexibility index (Phi) is 12.6. The fraction of sp³-hybridized carbons (Fsp3) is 0.929.